The molecule has 2 aromatic carbocycles. The number of aldehydes is 1. The average molecular weight is 322 g/mol. The van der Waals surface area contributed by atoms with E-state index < -0.39 is 0 Å². The van der Waals surface area contributed by atoms with Crippen LogP contribution in [0.25, 0.3) is 21.1 Å². The lowest BCUT2D eigenvalue weighted by Crippen LogP contribution is -1.91. The molecule has 0 aliphatic carbocycles. The van der Waals surface area contributed by atoms with Crippen molar-refractivity contribution >= 4 is 50.5 Å². The molecule has 0 saturated heterocycles. The SMILES string of the molecule is O=Cc1cc2ccccc2nc1Sc1nc2ccccc2s1. The summed E-state index contributed by atoms with van der Waals surface area (Å²) in [5.74, 6) is 0. The predicted molar refractivity (Wildman–Crippen MR) is 90.9 cm³/mol. The number of aromatic nitrogens is 2. The highest BCUT2D eigenvalue weighted by Gasteiger charge is 2.11. The molecule has 0 aliphatic rings. The fourth-order valence-corrected chi connectivity index (χ4v) is 4.31. The maximum atomic E-state index is 11.4. The number of benzene rings is 2. The lowest BCUT2D eigenvalue weighted by molar-refractivity contribution is 0.112. The first-order chi connectivity index (χ1) is 10.8. The Balaban J connectivity index is 1.80. The maximum absolute atomic E-state index is 11.4. The zero-order valence-electron chi connectivity index (χ0n) is 11.4. The van der Waals surface area contributed by atoms with E-state index >= 15 is 0 Å². The molecule has 2 aromatic heterocycles. The Morgan fingerprint density at radius 1 is 0.955 bits per heavy atom. The first-order valence-electron chi connectivity index (χ1n) is 6.72. The standard InChI is InChI=1S/C17H10N2OS2/c20-10-12-9-11-5-1-2-6-13(11)18-16(12)22-17-19-14-7-3-4-8-15(14)21-17/h1-10H. The highest BCUT2D eigenvalue weighted by atomic mass is 32.2. The quantitative estimate of drug-likeness (QED) is 0.508. The van der Waals surface area contributed by atoms with Crippen molar-refractivity contribution in [2.75, 3.05) is 0 Å². The van der Waals surface area contributed by atoms with Crippen LogP contribution in [0.1, 0.15) is 10.4 Å². The van der Waals surface area contributed by atoms with Crippen molar-refractivity contribution < 1.29 is 4.79 Å². The Morgan fingerprint density at radius 3 is 2.55 bits per heavy atom. The Kier molecular flexibility index (Phi) is 3.36. The normalized spacial score (nSPS) is 11.1. The zero-order chi connectivity index (χ0) is 14.9. The summed E-state index contributed by atoms with van der Waals surface area (Å²) in [6.45, 7) is 0. The van der Waals surface area contributed by atoms with E-state index in [-0.39, 0.29) is 0 Å². The van der Waals surface area contributed by atoms with Gasteiger partial charge >= 0.3 is 0 Å². The van der Waals surface area contributed by atoms with Crippen molar-refractivity contribution in [1.29, 1.82) is 0 Å². The molecule has 22 heavy (non-hydrogen) atoms. The Bertz CT molecular complexity index is 961. The summed E-state index contributed by atoms with van der Waals surface area (Å²) in [6.07, 6.45) is 0.856. The van der Waals surface area contributed by atoms with Gasteiger partial charge in [-0.3, -0.25) is 4.79 Å². The summed E-state index contributed by atoms with van der Waals surface area (Å²) in [4.78, 5) is 20.6. The Hall–Kier alpha value is -2.24. The summed E-state index contributed by atoms with van der Waals surface area (Å²) < 4.78 is 2.03. The van der Waals surface area contributed by atoms with Crippen LogP contribution < -0.4 is 0 Å². The smallest absolute Gasteiger partial charge is 0.157 e. The number of rotatable bonds is 3. The van der Waals surface area contributed by atoms with Gasteiger partial charge in [0, 0.05) is 10.9 Å². The molecule has 0 unspecified atom stereocenters. The molecular weight excluding hydrogens is 312 g/mol. The first-order valence-corrected chi connectivity index (χ1v) is 8.35. The van der Waals surface area contributed by atoms with Crippen LogP contribution in [0.3, 0.4) is 0 Å². The molecule has 0 N–H and O–H groups in total. The average Bonchev–Trinajstić information content (AvgIpc) is 2.96. The van der Waals surface area contributed by atoms with Gasteiger partial charge in [-0.05, 0) is 36.0 Å². The maximum Gasteiger partial charge on any atom is 0.157 e. The minimum Gasteiger partial charge on any atom is -0.298 e. The summed E-state index contributed by atoms with van der Waals surface area (Å²) >= 11 is 3.06. The molecule has 4 aromatic rings. The molecule has 0 aliphatic heterocycles. The lowest BCUT2D eigenvalue weighted by atomic mass is 10.2. The number of para-hydroxylation sites is 2. The molecule has 0 spiro atoms. The summed E-state index contributed by atoms with van der Waals surface area (Å²) in [5.41, 5.74) is 2.46. The number of hydrogen-bond donors (Lipinski definition) is 0. The summed E-state index contributed by atoms with van der Waals surface area (Å²) in [5, 5.41) is 1.67. The van der Waals surface area contributed by atoms with Crippen LogP contribution in [0.15, 0.2) is 64.0 Å². The molecule has 0 atom stereocenters. The Morgan fingerprint density at radius 2 is 1.73 bits per heavy atom. The van der Waals surface area contributed by atoms with E-state index in [1.54, 1.807) is 11.3 Å². The molecule has 5 heteroatoms. The number of carbonyl (C=O) groups excluding carboxylic acids is 1. The van der Waals surface area contributed by atoms with Gasteiger partial charge in [-0.25, -0.2) is 9.97 Å². The number of thiazole rings is 1. The molecular formula is C17H10N2OS2. The van der Waals surface area contributed by atoms with E-state index in [1.165, 1.54) is 11.8 Å². The molecule has 106 valence electrons. The number of carbonyl (C=O) groups is 1. The highest BCUT2D eigenvalue weighted by molar-refractivity contribution is 8.01. The van der Waals surface area contributed by atoms with E-state index in [0.717, 1.165) is 31.7 Å². The highest BCUT2D eigenvalue weighted by Crippen LogP contribution is 2.35. The van der Waals surface area contributed by atoms with Crippen LogP contribution in [0, 0.1) is 0 Å². The van der Waals surface area contributed by atoms with Gasteiger partial charge in [-0.15, -0.1) is 11.3 Å². The van der Waals surface area contributed by atoms with Crippen molar-refractivity contribution in [2.24, 2.45) is 0 Å². The van der Waals surface area contributed by atoms with Gasteiger partial charge in [0.1, 0.15) is 5.03 Å². The van der Waals surface area contributed by atoms with Crippen LogP contribution in [0.5, 0.6) is 0 Å². The number of hydrogen-bond acceptors (Lipinski definition) is 5. The van der Waals surface area contributed by atoms with Crippen molar-refractivity contribution in [3.63, 3.8) is 0 Å². The third-order valence-electron chi connectivity index (χ3n) is 3.30. The van der Waals surface area contributed by atoms with Crippen LogP contribution in [-0.2, 0) is 0 Å². The van der Waals surface area contributed by atoms with Gasteiger partial charge in [0.2, 0.25) is 0 Å². The molecule has 0 saturated carbocycles. The van der Waals surface area contributed by atoms with Gasteiger partial charge in [0.15, 0.2) is 10.6 Å². The fraction of sp³-hybridized carbons (Fsp3) is 0. The van der Waals surface area contributed by atoms with E-state index in [1.807, 2.05) is 54.6 Å². The van der Waals surface area contributed by atoms with Gasteiger partial charge in [0.25, 0.3) is 0 Å². The van der Waals surface area contributed by atoms with E-state index in [9.17, 15) is 4.79 Å². The van der Waals surface area contributed by atoms with Crippen LogP contribution in [0.2, 0.25) is 0 Å². The fourth-order valence-electron chi connectivity index (χ4n) is 2.26. The van der Waals surface area contributed by atoms with Gasteiger partial charge < -0.3 is 0 Å². The van der Waals surface area contributed by atoms with Crippen molar-refractivity contribution in [1.82, 2.24) is 9.97 Å². The molecule has 0 radical (unpaired) electrons. The van der Waals surface area contributed by atoms with Gasteiger partial charge in [-0.1, -0.05) is 30.3 Å². The zero-order valence-corrected chi connectivity index (χ0v) is 13.0. The van der Waals surface area contributed by atoms with Crippen LogP contribution in [-0.4, -0.2) is 16.3 Å². The summed E-state index contributed by atoms with van der Waals surface area (Å²) in [6, 6.07) is 17.7. The topological polar surface area (TPSA) is 42.9 Å². The molecule has 0 bridgehead atoms. The monoisotopic (exact) mass is 322 g/mol. The number of nitrogens with zero attached hydrogens (tertiary/aromatic N) is 2. The van der Waals surface area contributed by atoms with E-state index in [2.05, 4.69) is 9.97 Å². The third-order valence-corrected chi connectivity index (χ3v) is 5.42. The molecule has 2 heterocycles. The second kappa shape index (κ2) is 5.51. The summed E-state index contributed by atoms with van der Waals surface area (Å²) in [7, 11) is 0. The number of pyridine rings is 1. The minimum absolute atomic E-state index is 0.600. The molecule has 4 rings (SSSR count). The second-order valence-electron chi connectivity index (χ2n) is 4.74. The van der Waals surface area contributed by atoms with Gasteiger partial charge in [-0.2, -0.15) is 0 Å². The Labute approximate surface area is 135 Å². The second-order valence-corrected chi connectivity index (χ2v) is 7.01. The van der Waals surface area contributed by atoms with Gasteiger partial charge in [0.05, 0.1) is 15.7 Å². The van der Waals surface area contributed by atoms with Crippen molar-refractivity contribution in [2.45, 2.75) is 9.37 Å². The third kappa shape index (κ3) is 2.38. The van der Waals surface area contributed by atoms with E-state index in [4.69, 9.17) is 0 Å². The predicted octanol–water partition coefficient (Wildman–Crippen LogP) is 4.81. The molecule has 0 amide bonds. The molecule has 0 fully saturated rings. The minimum atomic E-state index is 0.600. The lowest BCUT2D eigenvalue weighted by Gasteiger charge is -2.04. The number of fused-ring (bicyclic) bond motifs is 2. The van der Waals surface area contributed by atoms with Crippen molar-refractivity contribution in [3.05, 3.63) is 60.2 Å². The first kappa shape index (κ1) is 13.4. The largest absolute Gasteiger partial charge is 0.298 e. The van der Waals surface area contributed by atoms with E-state index in [0.29, 0.717) is 10.6 Å². The van der Waals surface area contributed by atoms with Crippen LogP contribution in [0.4, 0.5) is 0 Å². The van der Waals surface area contributed by atoms with Crippen LogP contribution >= 0.6 is 23.1 Å². The molecule has 3 nitrogen and oxygen atoms in total. The van der Waals surface area contributed by atoms with Crippen molar-refractivity contribution in [3.8, 4) is 0 Å².